The van der Waals surface area contributed by atoms with E-state index in [9.17, 15) is 14.8 Å². The molecule has 1 N–H and O–H groups in total. The number of aliphatic hydroxyl groups excluding tert-OH is 1. The molecule has 1 aromatic heterocycles. The van der Waals surface area contributed by atoms with Crippen molar-refractivity contribution in [2.24, 2.45) is 0 Å². The van der Waals surface area contributed by atoms with Crippen LogP contribution in [0.15, 0.2) is 84.2 Å². The number of anilines is 1. The molecule has 1 aliphatic rings. The van der Waals surface area contributed by atoms with Crippen LogP contribution in [0.2, 0.25) is 0 Å². The predicted octanol–water partition coefficient (Wildman–Crippen LogP) is 5.21. The van der Waals surface area contributed by atoms with E-state index in [4.69, 9.17) is 4.98 Å². The maximum atomic E-state index is 13.1. The topological polar surface area (TPSA) is 60.1 Å². The van der Waals surface area contributed by atoms with Gasteiger partial charge in [-0.15, -0.1) is 11.3 Å². The Balaban J connectivity index is 1.35. The summed E-state index contributed by atoms with van der Waals surface area (Å²) in [7, 11) is 0. The number of halogens is 1. The molecule has 0 bridgehead atoms. The van der Waals surface area contributed by atoms with E-state index in [-0.39, 0.29) is 24.4 Å². The lowest BCUT2D eigenvalue weighted by molar-refractivity contribution is 0.187. The van der Waals surface area contributed by atoms with Gasteiger partial charge in [0.05, 0.1) is 24.4 Å². The van der Waals surface area contributed by atoms with E-state index in [2.05, 4.69) is 17.9 Å². The van der Waals surface area contributed by atoms with Crippen molar-refractivity contribution >= 4 is 16.5 Å². The molecule has 1 saturated heterocycles. The predicted molar refractivity (Wildman–Crippen MR) is 132 cm³/mol. The van der Waals surface area contributed by atoms with Crippen LogP contribution in [-0.4, -0.2) is 28.8 Å². The summed E-state index contributed by atoms with van der Waals surface area (Å²) in [4.78, 5) is 6.66. The van der Waals surface area contributed by atoms with Gasteiger partial charge in [-0.25, -0.2) is 9.37 Å². The van der Waals surface area contributed by atoms with Crippen molar-refractivity contribution in [3.05, 3.63) is 107 Å². The van der Waals surface area contributed by atoms with Gasteiger partial charge in [0.1, 0.15) is 11.9 Å². The molecule has 3 atom stereocenters. The Morgan fingerprint density at radius 1 is 0.941 bits per heavy atom. The van der Waals surface area contributed by atoms with Gasteiger partial charge in [-0.1, -0.05) is 54.3 Å². The third-order valence-corrected chi connectivity index (χ3v) is 6.86. The molecule has 6 heteroatoms. The van der Waals surface area contributed by atoms with E-state index in [0.29, 0.717) is 0 Å². The number of nitriles is 1. The lowest BCUT2D eigenvalue weighted by Gasteiger charge is -2.51. The van der Waals surface area contributed by atoms with E-state index in [1.807, 2.05) is 64.9 Å². The van der Waals surface area contributed by atoms with Crippen LogP contribution in [0.5, 0.6) is 0 Å². The van der Waals surface area contributed by atoms with Gasteiger partial charge in [-0.2, -0.15) is 5.26 Å². The van der Waals surface area contributed by atoms with Gasteiger partial charge in [0.25, 0.3) is 0 Å². The molecular weight excluding hydrogens is 445 g/mol. The summed E-state index contributed by atoms with van der Waals surface area (Å²) in [6, 6.07) is 25.5. The van der Waals surface area contributed by atoms with Crippen molar-refractivity contribution in [3.63, 3.8) is 0 Å². The number of benzene rings is 3. The quantitative estimate of drug-likeness (QED) is 0.421. The molecule has 4 nitrogen and oxygen atoms in total. The third kappa shape index (κ3) is 4.18. The second kappa shape index (κ2) is 9.49. The SMILES string of the molecule is N#C[C@H]1[C@H](c2ccc(C#Cc3ccc(F)cc3)cc2)[C@H](CO)N1c1nc(-c2ccccc2)cs1. The number of thiazole rings is 1. The van der Waals surface area contributed by atoms with Gasteiger partial charge in [-0.05, 0) is 42.0 Å². The Morgan fingerprint density at radius 3 is 2.21 bits per heavy atom. The van der Waals surface area contributed by atoms with Crippen molar-refractivity contribution in [2.45, 2.75) is 18.0 Å². The first-order chi connectivity index (χ1) is 16.7. The summed E-state index contributed by atoms with van der Waals surface area (Å²) in [6.45, 7) is -0.0742. The van der Waals surface area contributed by atoms with Crippen molar-refractivity contribution in [3.8, 4) is 29.2 Å². The number of nitrogens with zero attached hydrogens (tertiary/aromatic N) is 3. The Labute approximate surface area is 201 Å². The molecule has 34 heavy (non-hydrogen) atoms. The minimum Gasteiger partial charge on any atom is -0.394 e. The Hall–Kier alpha value is -3.97. The molecule has 3 aromatic carbocycles. The smallest absolute Gasteiger partial charge is 0.187 e. The standard InChI is InChI=1S/C28H20FN3OS/c29-23-14-10-20(11-15-23)7-6-19-8-12-22(13-9-19)27-25(16-30)32(26(27)17-33)28-31-24(18-34-28)21-4-2-1-3-5-21/h1-5,8-15,18,25-27,33H,17H2/t25-,26-,27-/m0/s1. The molecule has 0 spiro atoms. The van der Waals surface area contributed by atoms with Crippen LogP contribution in [0.25, 0.3) is 11.3 Å². The maximum absolute atomic E-state index is 13.1. The van der Waals surface area contributed by atoms with Gasteiger partial charge < -0.3 is 10.0 Å². The summed E-state index contributed by atoms with van der Waals surface area (Å²) in [5, 5.41) is 22.8. The minimum absolute atomic E-state index is 0.0742. The first kappa shape index (κ1) is 21.9. The largest absolute Gasteiger partial charge is 0.394 e. The summed E-state index contributed by atoms with van der Waals surface area (Å²) < 4.78 is 13.1. The molecule has 0 unspecified atom stereocenters. The summed E-state index contributed by atoms with van der Waals surface area (Å²) in [6.07, 6.45) is 0. The second-order valence-electron chi connectivity index (χ2n) is 8.02. The van der Waals surface area contributed by atoms with Crippen molar-refractivity contribution in [1.29, 1.82) is 5.26 Å². The zero-order valence-electron chi connectivity index (χ0n) is 18.1. The monoisotopic (exact) mass is 465 g/mol. The van der Waals surface area contributed by atoms with E-state index >= 15 is 0 Å². The summed E-state index contributed by atoms with van der Waals surface area (Å²) >= 11 is 1.48. The van der Waals surface area contributed by atoms with E-state index < -0.39 is 6.04 Å². The molecular formula is C28H20FN3OS. The lowest BCUT2D eigenvalue weighted by atomic mass is 9.76. The highest BCUT2D eigenvalue weighted by Gasteiger charge is 2.50. The number of hydrogen-bond acceptors (Lipinski definition) is 5. The molecule has 1 fully saturated rings. The van der Waals surface area contributed by atoms with Crippen molar-refractivity contribution in [1.82, 2.24) is 4.98 Å². The molecule has 1 aliphatic heterocycles. The highest BCUT2D eigenvalue weighted by atomic mass is 32.1. The Bertz CT molecular complexity index is 1380. The van der Waals surface area contributed by atoms with Crippen LogP contribution in [0.1, 0.15) is 22.6 Å². The number of rotatable bonds is 4. The first-order valence-electron chi connectivity index (χ1n) is 10.9. The highest BCUT2D eigenvalue weighted by molar-refractivity contribution is 7.14. The summed E-state index contributed by atoms with van der Waals surface area (Å²) in [5.41, 5.74) is 4.43. The lowest BCUT2D eigenvalue weighted by Crippen LogP contribution is -2.63. The number of aromatic nitrogens is 1. The van der Waals surface area contributed by atoms with Crippen molar-refractivity contribution < 1.29 is 9.50 Å². The van der Waals surface area contributed by atoms with Gasteiger partial charge >= 0.3 is 0 Å². The molecule has 2 heterocycles. The van der Waals surface area contributed by atoms with Gasteiger partial charge in [-0.3, -0.25) is 0 Å². The zero-order chi connectivity index (χ0) is 23.5. The number of hydrogen-bond donors (Lipinski definition) is 1. The van der Waals surface area contributed by atoms with E-state index in [0.717, 1.165) is 33.1 Å². The Morgan fingerprint density at radius 2 is 1.59 bits per heavy atom. The van der Waals surface area contributed by atoms with E-state index in [1.54, 1.807) is 12.1 Å². The van der Waals surface area contributed by atoms with Gasteiger partial charge in [0.15, 0.2) is 5.13 Å². The normalized spacial score (nSPS) is 19.0. The molecule has 0 saturated carbocycles. The average molecular weight is 466 g/mol. The highest BCUT2D eigenvalue weighted by Crippen LogP contribution is 2.45. The molecule has 0 radical (unpaired) electrons. The van der Waals surface area contributed by atoms with Crippen LogP contribution < -0.4 is 4.90 Å². The average Bonchev–Trinajstić information content (AvgIpc) is 3.34. The van der Waals surface area contributed by atoms with Gasteiger partial charge in [0.2, 0.25) is 0 Å². The summed E-state index contributed by atoms with van der Waals surface area (Å²) in [5.74, 6) is 5.69. The van der Waals surface area contributed by atoms with Crippen LogP contribution in [0, 0.1) is 29.0 Å². The fourth-order valence-corrected chi connectivity index (χ4v) is 5.19. The van der Waals surface area contributed by atoms with Crippen LogP contribution in [0.4, 0.5) is 9.52 Å². The molecule has 0 amide bonds. The van der Waals surface area contributed by atoms with Crippen LogP contribution >= 0.6 is 11.3 Å². The molecule has 5 rings (SSSR count). The fourth-order valence-electron chi connectivity index (χ4n) is 4.26. The number of aliphatic hydroxyl groups is 1. The zero-order valence-corrected chi connectivity index (χ0v) is 18.9. The van der Waals surface area contributed by atoms with E-state index in [1.165, 1.54) is 23.5 Å². The van der Waals surface area contributed by atoms with Gasteiger partial charge in [0, 0.05) is 28.0 Å². The fraction of sp³-hybridized carbons (Fsp3) is 0.143. The molecule has 4 aromatic rings. The maximum Gasteiger partial charge on any atom is 0.187 e. The minimum atomic E-state index is -0.414. The first-order valence-corrected chi connectivity index (χ1v) is 11.7. The van der Waals surface area contributed by atoms with Crippen molar-refractivity contribution in [2.75, 3.05) is 11.5 Å². The molecule has 0 aliphatic carbocycles. The second-order valence-corrected chi connectivity index (χ2v) is 8.85. The Kier molecular flexibility index (Phi) is 6.10. The van der Waals surface area contributed by atoms with Crippen LogP contribution in [0.3, 0.4) is 0 Å². The molecule has 166 valence electrons. The van der Waals surface area contributed by atoms with Crippen LogP contribution in [-0.2, 0) is 0 Å². The third-order valence-electron chi connectivity index (χ3n) is 6.00.